The number of halogens is 3. The third-order valence-electron chi connectivity index (χ3n) is 3.78. The Kier molecular flexibility index (Phi) is 3.85. The van der Waals surface area contributed by atoms with Crippen LogP contribution in [0.2, 0.25) is 0 Å². The number of hydrogen-bond acceptors (Lipinski definition) is 4. The molecule has 114 valence electrons. The van der Waals surface area contributed by atoms with Gasteiger partial charge in [-0.2, -0.15) is 18.4 Å². The second-order valence-electron chi connectivity index (χ2n) is 5.45. The maximum atomic E-state index is 13.1. The summed E-state index contributed by atoms with van der Waals surface area (Å²) < 4.78 is 44.4. The van der Waals surface area contributed by atoms with Crippen molar-refractivity contribution >= 4 is 5.82 Å². The third kappa shape index (κ3) is 2.68. The van der Waals surface area contributed by atoms with Crippen molar-refractivity contribution in [1.29, 1.82) is 5.26 Å². The minimum atomic E-state index is -4.57. The molecule has 2 heterocycles. The lowest BCUT2D eigenvalue weighted by molar-refractivity contribution is -0.137. The van der Waals surface area contributed by atoms with Crippen LogP contribution in [-0.2, 0) is 10.9 Å². The topological polar surface area (TPSA) is 49.1 Å². The Bertz CT molecular complexity index is 594. The fraction of sp³-hybridized carbons (Fsp3) is 0.571. The first-order valence-electron chi connectivity index (χ1n) is 6.48. The molecular weight excluding hydrogens is 283 g/mol. The zero-order valence-corrected chi connectivity index (χ0v) is 12.1. The summed E-state index contributed by atoms with van der Waals surface area (Å²) in [7, 11) is 1.54. The number of pyridine rings is 1. The van der Waals surface area contributed by atoms with Gasteiger partial charge < -0.3 is 9.64 Å². The molecule has 0 saturated carbocycles. The number of anilines is 1. The van der Waals surface area contributed by atoms with E-state index in [4.69, 9.17) is 4.74 Å². The molecule has 1 fully saturated rings. The van der Waals surface area contributed by atoms with Crippen molar-refractivity contribution in [3.63, 3.8) is 0 Å². The highest BCUT2D eigenvalue weighted by atomic mass is 19.4. The largest absolute Gasteiger partial charge is 0.417 e. The molecule has 0 aromatic carbocycles. The quantitative estimate of drug-likeness (QED) is 0.861. The van der Waals surface area contributed by atoms with E-state index in [0.29, 0.717) is 13.2 Å². The van der Waals surface area contributed by atoms with Gasteiger partial charge in [0.2, 0.25) is 0 Å². The third-order valence-corrected chi connectivity index (χ3v) is 3.78. The van der Waals surface area contributed by atoms with Gasteiger partial charge in [-0.15, -0.1) is 0 Å². The van der Waals surface area contributed by atoms with Crippen LogP contribution in [0.1, 0.15) is 30.2 Å². The summed E-state index contributed by atoms with van der Waals surface area (Å²) >= 11 is 0. The van der Waals surface area contributed by atoms with Gasteiger partial charge in [0, 0.05) is 19.3 Å². The molecule has 0 N–H and O–H groups in total. The standard InChI is InChI=1S/C14H16F3N3O/c1-9-6-11(14(15,16)17)10(7-18)12(19-9)20-5-4-13(20,2)8-21-3/h6H,4-5,8H2,1-3H3. The van der Waals surface area contributed by atoms with Crippen LogP contribution in [0.4, 0.5) is 19.0 Å². The molecule has 1 aliphatic rings. The molecule has 0 spiro atoms. The van der Waals surface area contributed by atoms with Crippen molar-refractivity contribution < 1.29 is 17.9 Å². The Morgan fingerprint density at radius 1 is 1.52 bits per heavy atom. The molecule has 1 unspecified atom stereocenters. The molecule has 7 heteroatoms. The number of nitrogens with zero attached hydrogens (tertiary/aromatic N) is 3. The van der Waals surface area contributed by atoms with Crippen LogP contribution in [0.3, 0.4) is 0 Å². The lowest BCUT2D eigenvalue weighted by Gasteiger charge is -2.51. The van der Waals surface area contributed by atoms with Gasteiger partial charge >= 0.3 is 6.18 Å². The molecule has 0 bridgehead atoms. The number of nitriles is 1. The Morgan fingerprint density at radius 3 is 2.62 bits per heavy atom. The minimum Gasteiger partial charge on any atom is -0.382 e. The predicted molar refractivity (Wildman–Crippen MR) is 70.9 cm³/mol. The molecule has 1 aromatic heterocycles. The smallest absolute Gasteiger partial charge is 0.382 e. The highest BCUT2D eigenvalue weighted by Crippen LogP contribution is 2.41. The van der Waals surface area contributed by atoms with E-state index in [1.807, 2.05) is 6.92 Å². The number of alkyl halides is 3. The predicted octanol–water partition coefficient (Wildman–Crippen LogP) is 2.90. The zero-order chi connectivity index (χ0) is 15.8. The van der Waals surface area contributed by atoms with E-state index in [0.717, 1.165) is 12.5 Å². The number of hydrogen-bond donors (Lipinski definition) is 0. The normalized spacial score (nSPS) is 21.9. The average Bonchev–Trinajstić information content (AvgIpc) is 2.36. The van der Waals surface area contributed by atoms with Gasteiger partial charge in [0.15, 0.2) is 0 Å². The van der Waals surface area contributed by atoms with Crippen LogP contribution in [0.25, 0.3) is 0 Å². The lowest BCUT2D eigenvalue weighted by Crippen LogP contribution is -2.61. The van der Waals surface area contributed by atoms with Crippen LogP contribution in [0.5, 0.6) is 0 Å². The van der Waals surface area contributed by atoms with Gasteiger partial charge in [-0.1, -0.05) is 0 Å². The summed E-state index contributed by atoms with van der Waals surface area (Å²) in [6.07, 6.45) is -3.79. The molecule has 1 saturated heterocycles. The highest BCUT2D eigenvalue weighted by Gasteiger charge is 2.44. The Hall–Kier alpha value is -1.81. The van der Waals surface area contributed by atoms with Gasteiger partial charge in [0.05, 0.1) is 17.7 Å². The summed E-state index contributed by atoms with van der Waals surface area (Å²) in [6.45, 7) is 4.31. The molecule has 0 radical (unpaired) electrons. The zero-order valence-electron chi connectivity index (χ0n) is 12.1. The van der Waals surface area contributed by atoms with Gasteiger partial charge in [-0.3, -0.25) is 0 Å². The van der Waals surface area contributed by atoms with Crippen LogP contribution in [0.15, 0.2) is 6.07 Å². The summed E-state index contributed by atoms with van der Waals surface area (Å²) in [5.74, 6) is 0.0932. The van der Waals surface area contributed by atoms with Gasteiger partial charge in [-0.25, -0.2) is 4.98 Å². The van der Waals surface area contributed by atoms with Crippen molar-refractivity contribution in [3.8, 4) is 6.07 Å². The van der Waals surface area contributed by atoms with Crippen molar-refractivity contribution in [2.45, 2.75) is 32.0 Å². The second kappa shape index (κ2) is 5.19. The maximum absolute atomic E-state index is 13.1. The molecule has 1 aromatic rings. The molecule has 0 amide bonds. The minimum absolute atomic E-state index is 0.0932. The van der Waals surface area contributed by atoms with Crippen LogP contribution < -0.4 is 4.90 Å². The molecule has 2 rings (SSSR count). The van der Waals surface area contributed by atoms with Gasteiger partial charge in [0.25, 0.3) is 0 Å². The van der Waals surface area contributed by atoms with E-state index in [1.54, 1.807) is 11.0 Å². The van der Waals surface area contributed by atoms with Crippen LogP contribution in [0, 0.1) is 18.3 Å². The van der Waals surface area contributed by atoms with E-state index < -0.39 is 22.8 Å². The van der Waals surface area contributed by atoms with Crippen molar-refractivity contribution in [2.24, 2.45) is 0 Å². The van der Waals surface area contributed by atoms with Crippen LogP contribution in [-0.4, -0.2) is 30.8 Å². The van der Waals surface area contributed by atoms with Crippen molar-refractivity contribution in [3.05, 3.63) is 22.9 Å². The Labute approximate surface area is 121 Å². The van der Waals surface area contributed by atoms with E-state index in [9.17, 15) is 18.4 Å². The summed E-state index contributed by atoms with van der Waals surface area (Å²) in [5, 5.41) is 9.17. The van der Waals surface area contributed by atoms with Crippen LogP contribution >= 0.6 is 0 Å². The summed E-state index contributed by atoms with van der Waals surface area (Å²) in [4.78, 5) is 5.89. The fourth-order valence-corrected chi connectivity index (χ4v) is 2.61. The highest BCUT2D eigenvalue weighted by molar-refractivity contribution is 5.62. The molecular formula is C14H16F3N3O. The average molecular weight is 299 g/mol. The second-order valence-corrected chi connectivity index (χ2v) is 5.45. The molecule has 1 aliphatic heterocycles. The van der Waals surface area contributed by atoms with Crippen molar-refractivity contribution in [1.82, 2.24) is 4.98 Å². The van der Waals surface area contributed by atoms with Gasteiger partial charge in [0.1, 0.15) is 17.5 Å². The first-order valence-corrected chi connectivity index (χ1v) is 6.48. The maximum Gasteiger partial charge on any atom is 0.417 e. The van der Waals surface area contributed by atoms with E-state index in [1.165, 1.54) is 14.0 Å². The molecule has 21 heavy (non-hydrogen) atoms. The van der Waals surface area contributed by atoms with E-state index in [2.05, 4.69) is 4.98 Å². The molecule has 1 atom stereocenters. The Morgan fingerprint density at radius 2 is 2.19 bits per heavy atom. The first kappa shape index (κ1) is 15.6. The number of ether oxygens (including phenoxy) is 1. The van der Waals surface area contributed by atoms with Gasteiger partial charge in [-0.05, 0) is 26.3 Å². The fourth-order valence-electron chi connectivity index (χ4n) is 2.61. The number of aryl methyl sites for hydroxylation is 1. The number of aromatic nitrogens is 1. The summed E-state index contributed by atoms with van der Waals surface area (Å²) in [6, 6.07) is 2.57. The Balaban J connectivity index is 2.55. The number of rotatable bonds is 3. The SMILES string of the molecule is COCC1(C)CCN1c1nc(C)cc(C(F)(F)F)c1C#N. The monoisotopic (exact) mass is 299 g/mol. The lowest BCUT2D eigenvalue weighted by atomic mass is 9.86. The van der Waals surface area contributed by atoms with Crippen molar-refractivity contribution in [2.75, 3.05) is 25.2 Å². The molecule has 4 nitrogen and oxygen atoms in total. The van der Waals surface area contributed by atoms with E-state index in [-0.39, 0.29) is 11.5 Å². The molecule has 0 aliphatic carbocycles. The van der Waals surface area contributed by atoms with E-state index >= 15 is 0 Å². The number of methoxy groups -OCH3 is 1. The summed E-state index contributed by atoms with van der Waals surface area (Å²) in [5.41, 5.74) is -1.54. The first-order chi connectivity index (χ1) is 9.73.